The molecule has 76 valence electrons. The first-order chi connectivity index (χ1) is 7.40. The number of aromatic nitrogens is 2. The molecule has 0 aliphatic rings. The van der Waals surface area contributed by atoms with Crippen LogP contribution in [0.1, 0.15) is 5.56 Å². The fourth-order valence-electron chi connectivity index (χ4n) is 1.37. The molecule has 0 saturated carbocycles. The highest BCUT2D eigenvalue weighted by Crippen LogP contribution is 2.13. The Balaban J connectivity index is 2.24. The Kier molecular flexibility index (Phi) is 3.05. The molecule has 2 rings (SSSR count). The summed E-state index contributed by atoms with van der Waals surface area (Å²) in [7, 11) is 0. The number of aliphatic hydroxyl groups is 1. The zero-order chi connectivity index (χ0) is 10.5. The second-order valence-electron chi connectivity index (χ2n) is 3.24. The standard InChI is InChI=1S/C12H12N2O/c15-8-6-10-4-5-12(14-9-10)11-3-1-2-7-13-11/h1-5,7,9,15H,6,8H2. The third-order valence-corrected chi connectivity index (χ3v) is 2.15. The van der Waals surface area contributed by atoms with E-state index < -0.39 is 0 Å². The van der Waals surface area contributed by atoms with Crippen molar-refractivity contribution in [2.45, 2.75) is 6.42 Å². The van der Waals surface area contributed by atoms with Gasteiger partial charge in [-0.15, -0.1) is 0 Å². The summed E-state index contributed by atoms with van der Waals surface area (Å²) in [5, 5.41) is 8.77. The molecule has 3 heteroatoms. The largest absolute Gasteiger partial charge is 0.396 e. The summed E-state index contributed by atoms with van der Waals surface area (Å²) in [5.41, 5.74) is 2.77. The van der Waals surface area contributed by atoms with Crippen molar-refractivity contribution in [2.75, 3.05) is 6.61 Å². The fourth-order valence-corrected chi connectivity index (χ4v) is 1.37. The lowest BCUT2D eigenvalue weighted by atomic mass is 10.2. The third kappa shape index (κ3) is 2.39. The highest BCUT2D eigenvalue weighted by Gasteiger charge is 1.99. The maximum Gasteiger partial charge on any atom is 0.0886 e. The van der Waals surface area contributed by atoms with Crippen molar-refractivity contribution in [3.63, 3.8) is 0 Å². The van der Waals surface area contributed by atoms with E-state index in [0.717, 1.165) is 17.0 Å². The van der Waals surface area contributed by atoms with Gasteiger partial charge in [0.15, 0.2) is 0 Å². The molecular weight excluding hydrogens is 188 g/mol. The van der Waals surface area contributed by atoms with Crippen molar-refractivity contribution in [3.05, 3.63) is 48.3 Å². The second kappa shape index (κ2) is 4.66. The van der Waals surface area contributed by atoms with Crippen LogP contribution >= 0.6 is 0 Å². The zero-order valence-corrected chi connectivity index (χ0v) is 8.30. The van der Waals surface area contributed by atoms with Gasteiger partial charge in [0, 0.05) is 19.0 Å². The summed E-state index contributed by atoms with van der Waals surface area (Å²) in [6, 6.07) is 9.63. The van der Waals surface area contributed by atoms with Crippen LogP contribution in [-0.2, 0) is 6.42 Å². The summed E-state index contributed by atoms with van der Waals surface area (Å²) in [6.07, 6.45) is 4.17. The summed E-state index contributed by atoms with van der Waals surface area (Å²) in [4.78, 5) is 8.51. The van der Waals surface area contributed by atoms with Crippen LogP contribution in [0, 0.1) is 0 Å². The van der Waals surface area contributed by atoms with Crippen molar-refractivity contribution >= 4 is 0 Å². The van der Waals surface area contributed by atoms with Crippen LogP contribution in [0.5, 0.6) is 0 Å². The Morgan fingerprint density at radius 2 is 1.87 bits per heavy atom. The second-order valence-corrected chi connectivity index (χ2v) is 3.24. The van der Waals surface area contributed by atoms with Crippen LogP contribution < -0.4 is 0 Å². The van der Waals surface area contributed by atoms with Crippen LogP contribution in [0.2, 0.25) is 0 Å². The number of aliphatic hydroxyl groups excluding tert-OH is 1. The van der Waals surface area contributed by atoms with E-state index in [0.29, 0.717) is 6.42 Å². The molecule has 0 fully saturated rings. The van der Waals surface area contributed by atoms with Crippen LogP contribution in [0.25, 0.3) is 11.4 Å². The van der Waals surface area contributed by atoms with Gasteiger partial charge in [0.25, 0.3) is 0 Å². The minimum atomic E-state index is 0.157. The lowest BCUT2D eigenvalue weighted by molar-refractivity contribution is 0.299. The van der Waals surface area contributed by atoms with E-state index in [4.69, 9.17) is 5.11 Å². The van der Waals surface area contributed by atoms with E-state index in [1.165, 1.54) is 0 Å². The molecule has 2 aromatic heterocycles. The van der Waals surface area contributed by atoms with Crippen LogP contribution in [0.15, 0.2) is 42.7 Å². The highest BCUT2D eigenvalue weighted by molar-refractivity contribution is 5.53. The molecule has 0 radical (unpaired) electrons. The van der Waals surface area contributed by atoms with Gasteiger partial charge in [-0.05, 0) is 30.2 Å². The van der Waals surface area contributed by atoms with Gasteiger partial charge in [-0.2, -0.15) is 0 Å². The predicted octanol–water partition coefficient (Wildman–Crippen LogP) is 1.68. The van der Waals surface area contributed by atoms with E-state index >= 15 is 0 Å². The number of hydrogen-bond acceptors (Lipinski definition) is 3. The molecule has 3 nitrogen and oxygen atoms in total. The summed E-state index contributed by atoms with van der Waals surface area (Å²) in [5.74, 6) is 0. The van der Waals surface area contributed by atoms with Gasteiger partial charge in [0.1, 0.15) is 0 Å². The molecule has 0 atom stereocenters. The van der Waals surface area contributed by atoms with Gasteiger partial charge in [-0.3, -0.25) is 9.97 Å². The normalized spacial score (nSPS) is 10.2. The monoisotopic (exact) mass is 200 g/mol. The molecule has 0 aliphatic heterocycles. The van der Waals surface area contributed by atoms with Gasteiger partial charge in [0.2, 0.25) is 0 Å². The topological polar surface area (TPSA) is 46.0 Å². The molecule has 2 heterocycles. The van der Waals surface area contributed by atoms with E-state index in [-0.39, 0.29) is 6.61 Å². The number of rotatable bonds is 3. The van der Waals surface area contributed by atoms with Gasteiger partial charge in [-0.1, -0.05) is 12.1 Å². The van der Waals surface area contributed by atoms with Crippen molar-refractivity contribution in [1.29, 1.82) is 0 Å². The van der Waals surface area contributed by atoms with Gasteiger partial charge < -0.3 is 5.11 Å². The first kappa shape index (κ1) is 9.80. The Hall–Kier alpha value is -1.74. The molecule has 0 amide bonds. The maximum atomic E-state index is 8.77. The molecule has 15 heavy (non-hydrogen) atoms. The number of hydrogen-bond donors (Lipinski definition) is 1. The molecule has 0 saturated heterocycles. The van der Waals surface area contributed by atoms with Crippen LogP contribution in [0.3, 0.4) is 0 Å². The van der Waals surface area contributed by atoms with Gasteiger partial charge >= 0.3 is 0 Å². The lowest BCUT2D eigenvalue weighted by Crippen LogP contribution is -1.93. The minimum Gasteiger partial charge on any atom is -0.396 e. The van der Waals surface area contributed by atoms with Crippen molar-refractivity contribution in [3.8, 4) is 11.4 Å². The molecule has 0 spiro atoms. The molecule has 2 aromatic rings. The molecule has 0 bridgehead atoms. The molecule has 0 aromatic carbocycles. The van der Waals surface area contributed by atoms with E-state index in [2.05, 4.69) is 9.97 Å². The SMILES string of the molecule is OCCc1ccc(-c2ccccn2)nc1. The van der Waals surface area contributed by atoms with Gasteiger partial charge in [0.05, 0.1) is 11.4 Å². The third-order valence-electron chi connectivity index (χ3n) is 2.15. The van der Waals surface area contributed by atoms with E-state index in [1.54, 1.807) is 12.4 Å². The summed E-state index contributed by atoms with van der Waals surface area (Å²) >= 11 is 0. The first-order valence-electron chi connectivity index (χ1n) is 4.87. The highest BCUT2D eigenvalue weighted by atomic mass is 16.2. The molecule has 0 aliphatic carbocycles. The van der Waals surface area contributed by atoms with Crippen molar-refractivity contribution < 1.29 is 5.11 Å². The molecular formula is C12H12N2O. The zero-order valence-electron chi connectivity index (χ0n) is 8.30. The predicted molar refractivity (Wildman–Crippen MR) is 58.3 cm³/mol. The lowest BCUT2D eigenvalue weighted by Gasteiger charge is -2.01. The fraction of sp³-hybridized carbons (Fsp3) is 0.167. The molecule has 1 N–H and O–H groups in total. The first-order valence-corrected chi connectivity index (χ1v) is 4.87. The quantitative estimate of drug-likeness (QED) is 0.819. The minimum absolute atomic E-state index is 0.157. The number of pyridine rings is 2. The van der Waals surface area contributed by atoms with Crippen LogP contribution in [-0.4, -0.2) is 21.7 Å². The summed E-state index contributed by atoms with van der Waals surface area (Å²) < 4.78 is 0. The van der Waals surface area contributed by atoms with E-state index in [9.17, 15) is 0 Å². The average molecular weight is 200 g/mol. The van der Waals surface area contributed by atoms with E-state index in [1.807, 2.05) is 30.3 Å². The number of nitrogens with zero attached hydrogens (tertiary/aromatic N) is 2. The smallest absolute Gasteiger partial charge is 0.0886 e. The van der Waals surface area contributed by atoms with Crippen molar-refractivity contribution in [2.24, 2.45) is 0 Å². The van der Waals surface area contributed by atoms with Crippen LogP contribution in [0.4, 0.5) is 0 Å². The van der Waals surface area contributed by atoms with Crippen molar-refractivity contribution in [1.82, 2.24) is 9.97 Å². The molecule has 0 unspecified atom stereocenters. The summed E-state index contributed by atoms with van der Waals surface area (Å²) in [6.45, 7) is 0.157. The Morgan fingerprint density at radius 1 is 1.00 bits per heavy atom. The Morgan fingerprint density at radius 3 is 2.47 bits per heavy atom. The Labute approximate surface area is 88.5 Å². The Bertz CT molecular complexity index is 411. The van der Waals surface area contributed by atoms with Gasteiger partial charge in [-0.25, -0.2) is 0 Å². The maximum absolute atomic E-state index is 8.77. The average Bonchev–Trinajstić information content (AvgIpc) is 2.32.